The van der Waals surface area contributed by atoms with E-state index in [-0.39, 0.29) is 11.7 Å². The first-order valence-electron chi connectivity index (χ1n) is 9.58. The molecule has 0 bridgehead atoms. The molecule has 0 aliphatic carbocycles. The lowest BCUT2D eigenvalue weighted by Gasteiger charge is -2.31. The van der Waals surface area contributed by atoms with Crippen LogP contribution in [0.25, 0.3) is 0 Å². The molecule has 1 fully saturated rings. The molecule has 0 radical (unpaired) electrons. The summed E-state index contributed by atoms with van der Waals surface area (Å²) in [4.78, 5) is 29.1. The van der Waals surface area contributed by atoms with Gasteiger partial charge in [0, 0.05) is 48.9 Å². The number of amides is 1. The van der Waals surface area contributed by atoms with Gasteiger partial charge in [-0.3, -0.25) is 14.5 Å². The van der Waals surface area contributed by atoms with E-state index in [1.807, 2.05) is 24.3 Å². The molecule has 1 N–H and O–H groups in total. The van der Waals surface area contributed by atoms with Crippen molar-refractivity contribution >= 4 is 29.0 Å². The topological polar surface area (TPSA) is 52.6 Å². The van der Waals surface area contributed by atoms with Crippen LogP contribution in [0.3, 0.4) is 0 Å². The van der Waals surface area contributed by atoms with Gasteiger partial charge in [-0.15, -0.1) is 0 Å². The Morgan fingerprint density at radius 1 is 1.04 bits per heavy atom. The van der Waals surface area contributed by atoms with Gasteiger partial charge in [0.25, 0.3) is 0 Å². The van der Waals surface area contributed by atoms with E-state index in [2.05, 4.69) is 22.2 Å². The van der Waals surface area contributed by atoms with Crippen molar-refractivity contribution in [2.75, 3.05) is 45.1 Å². The SMILES string of the molecule is CN1CCN(CC(=O)c2ccc(NC(=O)CCc3cccc(Cl)c3)cc2)CC1. The second-order valence-electron chi connectivity index (χ2n) is 7.26. The third-order valence-electron chi connectivity index (χ3n) is 4.98. The number of anilines is 1. The Labute approximate surface area is 171 Å². The highest BCUT2D eigenvalue weighted by Crippen LogP contribution is 2.14. The predicted molar refractivity (Wildman–Crippen MR) is 113 cm³/mol. The van der Waals surface area contributed by atoms with Crippen molar-refractivity contribution in [2.24, 2.45) is 0 Å². The van der Waals surface area contributed by atoms with Crippen LogP contribution in [0.4, 0.5) is 5.69 Å². The summed E-state index contributed by atoms with van der Waals surface area (Å²) in [6.07, 6.45) is 1.01. The van der Waals surface area contributed by atoms with Crippen LogP contribution in [-0.2, 0) is 11.2 Å². The first-order chi connectivity index (χ1) is 13.5. The van der Waals surface area contributed by atoms with Gasteiger partial charge < -0.3 is 10.2 Å². The standard InChI is InChI=1S/C22H26ClN3O2/c1-25-11-13-26(14-12-25)16-21(27)18-6-8-20(9-7-18)24-22(28)10-5-17-3-2-4-19(23)15-17/h2-4,6-9,15H,5,10-14,16H2,1H3,(H,24,28). The maximum Gasteiger partial charge on any atom is 0.224 e. The maximum absolute atomic E-state index is 12.5. The van der Waals surface area contributed by atoms with Gasteiger partial charge in [-0.2, -0.15) is 0 Å². The van der Waals surface area contributed by atoms with Gasteiger partial charge in [-0.1, -0.05) is 23.7 Å². The number of carbonyl (C=O) groups is 2. The van der Waals surface area contributed by atoms with Crippen molar-refractivity contribution < 1.29 is 9.59 Å². The largest absolute Gasteiger partial charge is 0.326 e. The van der Waals surface area contributed by atoms with Crippen molar-refractivity contribution in [3.05, 3.63) is 64.7 Å². The quantitative estimate of drug-likeness (QED) is 0.725. The number of ketones is 1. The highest BCUT2D eigenvalue weighted by atomic mass is 35.5. The first kappa shape index (κ1) is 20.5. The fraction of sp³-hybridized carbons (Fsp3) is 0.364. The summed E-state index contributed by atoms with van der Waals surface area (Å²) in [5.74, 6) is 0.0554. The van der Waals surface area contributed by atoms with Gasteiger partial charge >= 0.3 is 0 Å². The van der Waals surface area contributed by atoms with Crippen LogP contribution in [0.15, 0.2) is 48.5 Å². The van der Waals surface area contributed by atoms with Crippen LogP contribution in [0.2, 0.25) is 5.02 Å². The zero-order valence-electron chi connectivity index (χ0n) is 16.2. The van der Waals surface area contributed by atoms with Crippen LogP contribution < -0.4 is 5.32 Å². The molecule has 2 aromatic carbocycles. The summed E-state index contributed by atoms with van der Waals surface area (Å²) in [6, 6.07) is 14.7. The third-order valence-corrected chi connectivity index (χ3v) is 5.22. The molecule has 0 aromatic heterocycles. The Balaban J connectivity index is 1.47. The Bertz CT molecular complexity index is 815. The summed E-state index contributed by atoms with van der Waals surface area (Å²) < 4.78 is 0. The lowest BCUT2D eigenvalue weighted by atomic mass is 10.1. The van der Waals surface area contributed by atoms with Crippen LogP contribution in [-0.4, -0.2) is 61.3 Å². The van der Waals surface area contributed by atoms with E-state index in [9.17, 15) is 9.59 Å². The smallest absolute Gasteiger partial charge is 0.224 e. The van der Waals surface area contributed by atoms with Gasteiger partial charge in [-0.25, -0.2) is 0 Å². The third kappa shape index (κ3) is 6.16. The Hall–Kier alpha value is -2.21. The molecular formula is C22H26ClN3O2. The molecule has 2 aromatic rings. The minimum atomic E-state index is -0.0588. The Morgan fingerprint density at radius 3 is 2.43 bits per heavy atom. The van der Waals surface area contributed by atoms with Crippen molar-refractivity contribution in [1.82, 2.24) is 9.80 Å². The minimum absolute atomic E-state index is 0.0588. The highest BCUT2D eigenvalue weighted by molar-refractivity contribution is 6.30. The number of hydrogen-bond donors (Lipinski definition) is 1. The summed E-state index contributed by atoms with van der Waals surface area (Å²) in [7, 11) is 2.10. The maximum atomic E-state index is 12.5. The molecular weight excluding hydrogens is 374 g/mol. The van der Waals surface area contributed by atoms with Crippen LogP contribution in [0.1, 0.15) is 22.3 Å². The number of piperazine rings is 1. The monoisotopic (exact) mass is 399 g/mol. The highest BCUT2D eigenvalue weighted by Gasteiger charge is 2.17. The molecule has 1 saturated heterocycles. The van der Waals surface area contributed by atoms with Crippen LogP contribution >= 0.6 is 11.6 Å². The van der Waals surface area contributed by atoms with Gasteiger partial charge in [0.15, 0.2) is 5.78 Å². The Morgan fingerprint density at radius 2 is 1.75 bits per heavy atom. The average molecular weight is 400 g/mol. The van der Waals surface area contributed by atoms with Gasteiger partial charge in [0.1, 0.15) is 0 Å². The molecule has 1 aliphatic heterocycles. The second-order valence-corrected chi connectivity index (χ2v) is 7.69. The zero-order chi connectivity index (χ0) is 19.9. The number of likely N-dealkylation sites (N-methyl/N-ethyl adjacent to an activating group) is 1. The molecule has 1 heterocycles. The number of nitrogens with one attached hydrogen (secondary N) is 1. The zero-order valence-corrected chi connectivity index (χ0v) is 16.9. The molecule has 0 unspecified atom stereocenters. The molecule has 0 spiro atoms. The molecule has 1 amide bonds. The van der Waals surface area contributed by atoms with Crippen molar-refractivity contribution in [3.8, 4) is 0 Å². The molecule has 0 atom stereocenters. The average Bonchev–Trinajstić information content (AvgIpc) is 2.69. The van der Waals surface area contributed by atoms with Gasteiger partial charge in [-0.05, 0) is 55.4 Å². The molecule has 28 heavy (non-hydrogen) atoms. The number of Topliss-reactive ketones (excluding diaryl/α,β-unsaturated/α-hetero) is 1. The molecule has 1 aliphatic rings. The molecule has 6 heteroatoms. The lowest BCUT2D eigenvalue weighted by molar-refractivity contribution is -0.116. The van der Waals surface area contributed by atoms with E-state index in [0.717, 1.165) is 31.7 Å². The summed E-state index contributed by atoms with van der Waals surface area (Å²) in [5, 5.41) is 3.56. The molecule has 5 nitrogen and oxygen atoms in total. The summed E-state index contributed by atoms with van der Waals surface area (Å²) in [6.45, 7) is 4.27. The number of nitrogens with zero attached hydrogens (tertiary/aromatic N) is 2. The van der Waals surface area contributed by atoms with Crippen molar-refractivity contribution in [2.45, 2.75) is 12.8 Å². The number of aryl methyl sites for hydroxylation is 1. The van der Waals surface area contributed by atoms with E-state index in [1.54, 1.807) is 24.3 Å². The number of halogens is 1. The molecule has 0 saturated carbocycles. The van der Waals surface area contributed by atoms with E-state index in [4.69, 9.17) is 11.6 Å². The van der Waals surface area contributed by atoms with Gasteiger partial charge in [0.2, 0.25) is 5.91 Å². The van der Waals surface area contributed by atoms with E-state index >= 15 is 0 Å². The van der Waals surface area contributed by atoms with Crippen molar-refractivity contribution in [1.29, 1.82) is 0 Å². The Kier molecular flexibility index (Phi) is 7.20. The second kappa shape index (κ2) is 9.82. The number of benzene rings is 2. The van der Waals surface area contributed by atoms with E-state index in [1.165, 1.54) is 0 Å². The summed E-state index contributed by atoms with van der Waals surface area (Å²) in [5.41, 5.74) is 2.41. The number of carbonyl (C=O) groups excluding carboxylic acids is 2. The minimum Gasteiger partial charge on any atom is -0.326 e. The summed E-state index contributed by atoms with van der Waals surface area (Å²) >= 11 is 5.96. The number of hydrogen-bond acceptors (Lipinski definition) is 4. The first-order valence-corrected chi connectivity index (χ1v) is 9.96. The predicted octanol–water partition coefficient (Wildman–Crippen LogP) is 3.34. The molecule has 3 rings (SSSR count). The molecule has 148 valence electrons. The van der Waals surface area contributed by atoms with E-state index < -0.39 is 0 Å². The van der Waals surface area contributed by atoms with Crippen LogP contribution in [0.5, 0.6) is 0 Å². The number of rotatable bonds is 7. The normalized spacial score (nSPS) is 15.4. The fourth-order valence-corrected chi connectivity index (χ4v) is 3.43. The van der Waals surface area contributed by atoms with Crippen LogP contribution in [0, 0.1) is 0 Å². The lowest BCUT2D eigenvalue weighted by Crippen LogP contribution is -2.46. The van der Waals surface area contributed by atoms with Gasteiger partial charge in [0.05, 0.1) is 6.54 Å². The fourth-order valence-electron chi connectivity index (χ4n) is 3.21. The van der Waals surface area contributed by atoms with Crippen molar-refractivity contribution in [3.63, 3.8) is 0 Å². The van der Waals surface area contributed by atoms with E-state index in [0.29, 0.717) is 35.7 Å².